The van der Waals surface area contributed by atoms with Gasteiger partial charge in [0.05, 0.1) is 0 Å². The molecule has 4 nitrogen and oxygen atoms in total. The van der Waals surface area contributed by atoms with Crippen LogP contribution in [0.3, 0.4) is 0 Å². The molecule has 0 aliphatic heterocycles. The predicted molar refractivity (Wildman–Crippen MR) is 85.8 cm³/mol. The molecule has 0 bridgehead atoms. The minimum absolute atomic E-state index is 0.264. The summed E-state index contributed by atoms with van der Waals surface area (Å²) in [6, 6.07) is 10.9. The van der Waals surface area contributed by atoms with E-state index < -0.39 is 23.5 Å². The number of nitrogens with zero attached hydrogens (tertiary/aromatic N) is 1. The van der Waals surface area contributed by atoms with Gasteiger partial charge in [0.25, 0.3) is 5.56 Å². The van der Waals surface area contributed by atoms with Gasteiger partial charge in [0, 0.05) is 23.5 Å². The van der Waals surface area contributed by atoms with Gasteiger partial charge in [-0.25, -0.2) is 4.39 Å². The van der Waals surface area contributed by atoms with Crippen LogP contribution in [0.2, 0.25) is 0 Å². The van der Waals surface area contributed by atoms with Crippen molar-refractivity contribution in [3.05, 3.63) is 77.0 Å². The fourth-order valence-corrected chi connectivity index (χ4v) is 2.39. The van der Waals surface area contributed by atoms with Crippen molar-refractivity contribution in [2.24, 2.45) is 0 Å². The Labute approximate surface area is 144 Å². The molecular formula is C18H11F4NO3. The van der Waals surface area contributed by atoms with Crippen LogP contribution in [0.25, 0.3) is 16.8 Å². The van der Waals surface area contributed by atoms with E-state index in [2.05, 4.69) is 4.74 Å². The first kappa shape index (κ1) is 17.5. The first-order chi connectivity index (χ1) is 12.2. The number of halogens is 4. The lowest BCUT2D eigenvalue weighted by Crippen LogP contribution is -2.18. The summed E-state index contributed by atoms with van der Waals surface area (Å²) < 4.78 is 54.6. The lowest BCUT2D eigenvalue weighted by atomic mass is 10.1. The Kier molecular flexibility index (Phi) is 4.41. The van der Waals surface area contributed by atoms with Crippen molar-refractivity contribution in [1.29, 1.82) is 0 Å². The van der Waals surface area contributed by atoms with Crippen molar-refractivity contribution in [3.8, 4) is 28.3 Å². The number of hydrogen-bond donors (Lipinski definition) is 1. The number of pyridine rings is 1. The smallest absolute Gasteiger partial charge is 0.507 e. The van der Waals surface area contributed by atoms with E-state index in [4.69, 9.17) is 0 Å². The molecule has 0 aliphatic carbocycles. The molecule has 0 amide bonds. The van der Waals surface area contributed by atoms with Gasteiger partial charge in [-0.05, 0) is 42.0 Å². The zero-order valence-electron chi connectivity index (χ0n) is 13.0. The third-order valence-corrected chi connectivity index (χ3v) is 3.54. The van der Waals surface area contributed by atoms with Crippen LogP contribution in [-0.4, -0.2) is 16.0 Å². The quantitative estimate of drug-likeness (QED) is 0.706. The van der Waals surface area contributed by atoms with Crippen molar-refractivity contribution in [2.45, 2.75) is 6.36 Å². The molecule has 1 N–H and O–H groups in total. The van der Waals surface area contributed by atoms with E-state index in [0.29, 0.717) is 5.56 Å². The largest absolute Gasteiger partial charge is 0.573 e. The Hall–Kier alpha value is -3.29. The highest BCUT2D eigenvalue weighted by Gasteiger charge is 2.31. The summed E-state index contributed by atoms with van der Waals surface area (Å²) in [7, 11) is 0. The minimum atomic E-state index is -4.81. The second kappa shape index (κ2) is 6.55. The fourth-order valence-electron chi connectivity index (χ4n) is 2.39. The van der Waals surface area contributed by atoms with Crippen LogP contribution in [0.1, 0.15) is 0 Å². The number of aromatic nitrogens is 1. The van der Waals surface area contributed by atoms with Crippen molar-refractivity contribution in [2.75, 3.05) is 0 Å². The van der Waals surface area contributed by atoms with Crippen molar-refractivity contribution in [1.82, 2.24) is 4.57 Å². The van der Waals surface area contributed by atoms with Crippen molar-refractivity contribution in [3.63, 3.8) is 0 Å². The van der Waals surface area contributed by atoms with Gasteiger partial charge in [0.15, 0.2) is 0 Å². The van der Waals surface area contributed by atoms with E-state index in [0.717, 1.165) is 22.8 Å². The average molecular weight is 365 g/mol. The number of rotatable bonds is 3. The maximum absolute atomic E-state index is 13.1. The summed E-state index contributed by atoms with van der Waals surface area (Å²) >= 11 is 0. The van der Waals surface area contributed by atoms with Gasteiger partial charge >= 0.3 is 6.36 Å². The lowest BCUT2D eigenvalue weighted by molar-refractivity contribution is -0.274. The number of benzene rings is 2. The molecule has 0 saturated carbocycles. The maximum atomic E-state index is 13.1. The van der Waals surface area contributed by atoms with Gasteiger partial charge in [-0.15, -0.1) is 13.2 Å². The van der Waals surface area contributed by atoms with E-state index in [-0.39, 0.29) is 17.0 Å². The van der Waals surface area contributed by atoms with Crippen molar-refractivity contribution < 1.29 is 27.4 Å². The second-order valence-corrected chi connectivity index (χ2v) is 5.33. The molecule has 0 saturated heterocycles. The highest BCUT2D eigenvalue weighted by atomic mass is 19.4. The normalized spacial score (nSPS) is 11.4. The minimum Gasteiger partial charge on any atom is -0.507 e. The molecule has 8 heteroatoms. The maximum Gasteiger partial charge on any atom is 0.573 e. The zero-order valence-corrected chi connectivity index (χ0v) is 13.0. The van der Waals surface area contributed by atoms with Crippen LogP contribution < -0.4 is 10.3 Å². The van der Waals surface area contributed by atoms with Crippen LogP contribution in [0, 0.1) is 5.82 Å². The van der Waals surface area contributed by atoms with Crippen LogP contribution in [0.15, 0.2) is 65.6 Å². The van der Waals surface area contributed by atoms with Crippen LogP contribution in [0.5, 0.6) is 11.5 Å². The number of ether oxygens (including phenoxy) is 1. The Morgan fingerprint density at radius 1 is 0.962 bits per heavy atom. The third kappa shape index (κ3) is 3.85. The Morgan fingerprint density at radius 2 is 1.58 bits per heavy atom. The molecule has 0 fully saturated rings. The molecule has 1 heterocycles. The molecule has 1 aromatic heterocycles. The van der Waals surface area contributed by atoms with E-state index in [9.17, 15) is 27.5 Å². The van der Waals surface area contributed by atoms with Gasteiger partial charge in [-0.1, -0.05) is 12.1 Å². The molecule has 0 spiro atoms. The molecule has 0 aliphatic rings. The van der Waals surface area contributed by atoms with Gasteiger partial charge in [-0.3, -0.25) is 9.36 Å². The third-order valence-electron chi connectivity index (χ3n) is 3.54. The van der Waals surface area contributed by atoms with Crippen LogP contribution in [-0.2, 0) is 0 Å². The molecular weight excluding hydrogens is 354 g/mol. The topological polar surface area (TPSA) is 51.5 Å². The summed E-state index contributed by atoms with van der Waals surface area (Å²) in [5.74, 6) is -1.18. The molecule has 2 aromatic carbocycles. The average Bonchev–Trinajstić information content (AvgIpc) is 2.56. The highest BCUT2D eigenvalue weighted by molar-refractivity contribution is 5.69. The monoisotopic (exact) mass is 365 g/mol. The Morgan fingerprint density at radius 3 is 2.15 bits per heavy atom. The van der Waals surface area contributed by atoms with Gasteiger partial charge < -0.3 is 9.84 Å². The van der Waals surface area contributed by atoms with Crippen LogP contribution >= 0.6 is 0 Å². The van der Waals surface area contributed by atoms with E-state index in [1.165, 1.54) is 42.6 Å². The summed E-state index contributed by atoms with van der Waals surface area (Å²) in [4.78, 5) is 12.1. The summed E-state index contributed by atoms with van der Waals surface area (Å²) in [5.41, 5.74) is 0.417. The van der Waals surface area contributed by atoms with Crippen molar-refractivity contribution >= 4 is 0 Å². The highest BCUT2D eigenvalue weighted by Crippen LogP contribution is 2.29. The van der Waals surface area contributed by atoms with Gasteiger partial charge in [-0.2, -0.15) is 0 Å². The van der Waals surface area contributed by atoms with E-state index in [1.807, 2.05) is 0 Å². The molecule has 26 heavy (non-hydrogen) atoms. The predicted octanol–water partition coefficient (Wildman–Crippen LogP) is 4.25. The first-order valence-corrected chi connectivity index (χ1v) is 7.31. The number of hydrogen-bond acceptors (Lipinski definition) is 3. The molecule has 0 radical (unpaired) electrons. The number of aromatic hydroxyl groups is 1. The Balaban J connectivity index is 2.01. The van der Waals surface area contributed by atoms with Gasteiger partial charge in [0.1, 0.15) is 17.3 Å². The Bertz CT molecular complexity index is 977. The molecule has 0 unspecified atom stereocenters. The van der Waals surface area contributed by atoms with E-state index >= 15 is 0 Å². The summed E-state index contributed by atoms with van der Waals surface area (Å²) in [5, 5.41) is 10.0. The first-order valence-electron chi connectivity index (χ1n) is 7.31. The van der Waals surface area contributed by atoms with Gasteiger partial charge in [0.2, 0.25) is 0 Å². The molecule has 134 valence electrons. The summed E-state index contributed by atoms with van der Waals surface area (Å²) in [6.45, 7) is 0. The second-order valence-electron chi connectivity index (χ2n) is 5.33. The molecule has 0 atom stereocenters. The SMILES string of the molecule is O=c1cc(O)c(-c2ccc(F)cc2)cn1-c1ccc(OC(F)(F)F)cc1. The standard InChI is InChI=1S/C18H11F4NO3/c19-12-3-1-11(2-4-12)15-10-23(17(25)9-16(15)24)13-5-7-14(8-6-13)26-18(20,21)22/h1-10,24H. The molecule has 3 aromatic rings. The fraction of sp³-hybridized carbons (Fsp3) is 0.0556. The summed E-state index contributed by atoms with van der Waals surface area (Å²) in [6.07, 6.45) is -3.49. The molecule has 3 rings (SSSR count). The number of alkyl halides is 3. The lowest BCUT2D eigenvalue weighted by Gasteiger charge is -2.12. The van der Waals surface area contributed by atoms with Crippen LogP contribution in [0.4, 0.5) is 17.6 Å². The zero-order chi connectivity index (χ0) is 18.9. The van der Waals surface area contributed by atoms with E-state index in [1.54, 1.807) is 0 Å².